The van der Waals surface area contributed by atoms with Gasteiger partial charge >= 0.3 is 0 Å². The van der Waals surface area contributed by atoms with Gasteiger partial charge in [-0.1, -0.05) is 31.5 Å². The SMILES string of the molecule is C[C@H](Sc1cc(C#N)ccn1)C(=O)N[C@@H]1CCCC[C@@H]1C. The van der Waals surface area contributed by atoms with E-state index in [-0.39, 0.29) is 11.2 Å². The van der Waals surface area contributed by atoms with Crippen LogP contribution in [0.25, 0.3) is 0 Å². The Bertz CT molecular complexity index is 541. The molecule has 1 aliphatic rings. The summed E-state index contributed by atoms with van der Waals surface area (Å²) in [7, 11) is 0. The van der Waals surface area contributed by atoms with Crippen molar-refractivity contribution in [2.24, 2.45) is 5.92 Å². The highest BCUT2D eigenvalue weighted by molar-refractivity contribution is 8.00. The van der Waals surface area contributed by atoms with E-state index in [2.05, 4.69) is 23.3 Å². The monoisotopic (exact) mass is 303 g/mol. The first kappa shape index (κ1) is 15.8. The summed E-state index contributed by atoms with van der Waals surface area (Å²) in [4.78, 5) is 16.5. The molecule has 0 bridgehead atoms. The third kappa shape index (κ3) is 4.47. The van der Waals surface area contributed by atoms with Crippen LogP contribution in [0.3, 0.4) is 0 Å². The smallest absolute Gasteiger partial charge is 0.233 e. The van der Waals surface area contributed by atoms with Gasteiger partial charge in [-0.25, -0.2) is 4.98 Å². The molecule has 112 valence electrons. The van der Waals surface area contributed by atoms with Gasteiger partial charge in [-0.3, -0.25) is 4.79 Å². The average molecular weight is 303 g/mol. The molecule has 1 aromatic heterocycles. The number of nitriles is 1. The van der Waals surface area contributed by atoms with Crippen LogP contribution in [0.4, 0.5) is 0 Å². The predicted molar refractivity (Wildman–Crippen MR) is 83.8 cm³/mol. The maximum atomic E-state index is 12.3. The van der Waals surface area contributed by atoms with E-state index in [1.165, 1.54) is 31.0 Å². The molecule has 21 heavy (non-hydrogen) atoms. The fourth-order valence-corrected chi connectivity index (χ4v) is 3.46. The first-order valence-corrected chi connectivity index (χ1v) is 8.31. The fourth-order valence-electron chi connectivity index (χ4n) is 2.61. The topological polar surface area (TPSA) is 65.8 Å². The van der Waals surface area contributed by atoms with Crippen molar-refractivity contribution in [2.45, 2.75) is 55.8 Å². The molecular formula is C16H21N3OS. The van der Waals surface area contributed by atoms with Crippen LogP contribution < -0.4 is 5.32 Å². The van der Waals surface area contributed by atoms with Gasteiger partial charge in [-0.05, 0) is 37.8 Å². The first-order chi connectivity index (χ1) is 10.1. The van der Waals surface area contributed by atoms with Gasteiger partial charge in [0.1, 0.15) is 0 Å². The molecule has 0 saturated heterocycles. The lowest BCUT2D eigenvalue weighted by Gasteiger charge is -2.30. The van der Waals surface area contributed by atoms with Crippen molar-refractivity contribution in [2.75, 3.05) is 0 Å². The van der Waals surface area contributed by atoms with Crippen LogP contribution in [0.15, 0.2) is 23.4 Å². The highest BCUT2D eigenvalue weighted by atomic mass is 32.2. The fraction of sp³-hybridized carbons (Fsp3) is 0.562. The van der Waals surface area contributed by atoms with E-state index in [0.29, 0.717) is 22.5 Å². The lowest BCUT2D eigenvalue weighted by Crippen LogP contribution is -2.44. The van der Waals surface area contributed by atoms with E-state index >= 15 is 0 Å². The number of hydrogen-bond donors (Lipinski definition) is 1. The summed E-state index contributed by atoms with van der Waals surface area (Å²) in [5.41, 5.74) is 0.570. The van der Waals surface area contributed by atoms with Crippen molar-refractivity contribution in [1.29, 1.82) is 5.26 Å². The minimum atomic E-state index is -0.208. The Kier molecular flexibility index (Phi) is 5.63. The third-order valence-corrected chi connectivity index (χ3v) is 5.00. The molecule has 1 N–H and O–H groups in total. The normalized spacial score (nSPS) is 23.1. The quantitative estimate of drug-likeness (QED) is 0.868. The van der Waals surface area contributed by atoms with E-state index in [1.54, 1.807) is 18.3 Å². The van der Waals surface area contributed by atoms with Gasteiger partial charge in [0.25, 0.3) is 0 Å². The number of carbonyl (C=O) groups is 1. The van der Waals surface area contributed by atoms with Gasteiger partial charge in [-0.2, -0.15) is 5.26 Å². The Balaban J connectivity index is 1.91. The molecule has 2 rings (SSSR count). The van der Waals surface area contributed by atoms with E-state index in [4.69, 9.17) is 5.26 Å². The van der Waals surface area contributed by atoms with E-state index < -0.39 is 0 Å². The molecule has 1 fully saturated rings. The second-order valence-corrected chi connectivity index (χ2v) is 6.99. The Morgan fingerprint density at radius 3 is 3.00 bits per heavy atom. The van der Waals surface area contributed by atoms with Crippen LogP contribution in [0.2, 0.25) is 0 Å². The zero-order valence-electron chi connectivity index (χ0n) is 12.5. The number of aromatic nitrogens is 1. The summed E-state index contributed by atoms with van der Waals surface area (Å²) >= 11 is 1.40. The molecular weight excluding hydrogens is 282 g/mol. The van der Waals surface area contributed by atoms with Crippen LogP contribution in [0.5, 0.6) is 0 Å². The number of nitrogens with one attached hydrogen (secondary N) is 1. The number of nitrogens with zero attached hydrogens (tertiary/aromatic N) is 2. The van der Waals surface area contributed by atoms with Crippen molar-refractivity contribution >= 4 is 17.7 Å². The van der Waals surface area contributed by atoms with Gasteiger partial charge in [-0.15, -0.1) is 0 Å². The number of rotatable bonds is 4. The van der Waals surface area contributed by atoms with Gasteiger partial charge in [0.2, 0.25) is 5.91 Å². The summed E-state index contributed by atoms with van der Waals surface area (Å²) in [6.45, 7) is 4.09. The Hall–Kier alpha value is -1.54. The van der Waals surface area contributed by atoms with Crippen LogP contribution in [-0.2, 0) is 4.79 Å². The molecule has 1 aromatic rings. The average Bonchev–Trinajstić information content (AvgIpc) is 2.49. The molecule has 1 aliphatic carbocycles. The van der Waals surface area contributed by atoms with Gasteiger partial charge in [0.05, 0.1) is 21.9 Å². The van der Waals surface area contributed by atoms with Gasteiger partial charge in [0.15, 0.2) is 0 Å². The van der Waals surface area contributed by atoms with Gasteiger partial charge in [0, 0.05) is 12.2 Å². The standard InChI is InChI=1S/C16H21N3OS/c1-11-5-3-4-6-14(11)19-16(20)12(2)21-15-9-13(10-17)7-8-18-15/h7-9,11-12,14H,3-6H2,1-2H3,(H,19,20)/t11-,12-,14+/m0/s1. The van der Waals surface area contributed by atoms with Crippen molar-refractivity contribution in [1.82, 2.24) is 10.3 Å². The Morgan fingerprint density at radius 1 is 1.52 bits per heavy atom. The number of pyridine rings is 1. The first-order valence-electron chi connectivity index (χ1n) is 7.43. The lowest BCUT2D eigenvalue weighted by atomic mass is 9.86. The number of hydrogen-bond acceptors (Lipinski definition) is 4. The van der Waals surface area contributed by atoms with Crippen LogP contribution in [0.1, 0.15) is 45.1 Å². The largest absolute Gasteiger partial charge is 0.352 e. The summed E-state index contributed by atoms with van der Waals surface area (Å²) < 4.78 is 0. The molecule has 1 amide bonds. The molecule has 3 atom stereocenters. The minimum absolute atomic E-state index is 0.0583. The van der Waals surface area contributed by atoms with Crippen molar-refractivity contribution < 1.29 is 4.79 Å². The molecule has 0 aliphatic heterocycles. The zero-order valence-corrected chi connectivity index (χ0v) is 13.3. The predicted octanol–water partition coefficient (Wildman–Crippen LogP) is 3.13. The van der Waals surface area contributed by atoms with Crippen LogP contribution in [-0.4, -0.2) is 22.2 Å². The molecule has 1 heterocycles. The third-order valence-electron chi connectivity index (χ3n) is 3.97. The van der Waals surface area contributed by atoms with E-state index in [0.717, 1.165) is 6.42 Å². The highest BCUT2D eigenvalue weighted by Crippen LogP contribution is 2.26. The molecule has 0 spiro atoms. The Labute approximate surface area is 130 Å². The molecule has 0 aromatic carbocycles. The molecule has 4 nitrogen and oxygen atoms in total. The highest BCUT2D eigenvalue weighted by Gasteiger charge is 2.25. The molecule has 0 radical (unpaired) electrons. The molecule has 1 saturated carbocycles. The minimum Gasteiger partial charge on any atom is -0.352 e. The Morgan fingerprint density at radius 2 is 2.29 bits per heavy atom. The number of thioether (sulfide) groups is 1. The van der Waals surface area contributed by atoms with E-state index in [1.807, 2.05) is 6.92 Å². The number of amides is 1. The summed E-state index contributed by atoms with van der Waals surface area (Å²) in [5.74, 6) is 0.614. The van der Waals surface area contributed by atoms with Crippen molar-refractivity contribution in [3.63, 3.8) is 0 Å². The maximum Gasteiger partial charge on any atom is 0.233 e. The van der Waals surface area contributed by atoms with Gasteiger partial charge < -0.3 is 5.32 Å². The zero-order chi connectivity index (χ0) is 15.2. The van der Waals surface area contributed by atoms with E-state index in [9.17, 15) is 4.79 Å². The van der Waals surface area contributed by atoms with Crippen molar-refractivity contribution in [3.8, 4) is 6.07 Å². The summed E-state index contributed by atoms with van der Waals surface area (Å²) in [6, 6.07) is 5.77. The summed E-state index contributed by atoms with van der Waals surface area (Å²) in [5, 5.41) is 12.6. The molecule has 5 heteroatoms. The lowest BCUT2D eigenvalue weighted by molar-refractivity contribution is -0.121. The second-order valence-electron chi connectivity index (χ2n) is 5.63. The van der Waals surface area contributed by atoms with Crippen LogP contribution >= 0.6 is 11.8 Å². The second kappa shape index (κ2) is 7.46. The maximum absolute atomic E-state index is 12.3. The van der Waals surface area contributed by atoms with Crippen molar-refractivity contribution in [3.05, 3.63) is 23.9 Å². The molecule has 0 unspecified atom stereocenters. The number of carbonyl (C=O) groups excluding carboxylic acids is 1. The van der Waals surface area contributed by atoms with Crippen LogP contribution in [0, 0.1) is 17.2 Å². The summed E-state index contributed by atoms with van der Waals surface area (Å²) in [6.07, 6.45) is 6.34.